The van der Waals surface area contributed by atoms with Gasteiger partial charge in [0.25, 0.3) is 5.91 Å². The van der Waals surface area contributed by atoms with E-state index in [1.807, 2.05) is 0 Å². The standard InChI is InChI=1S/C15H19BrF3NO/c1-3-10(4-2)13(16)9-20-14(21)11-6-5-7-12(8-11)15(17,18)19/h5-8,10,13H,3-4,9H2,1-2H3,(H,20,21). The molecular formula is C15H19BrF3NO. The van der Waals surface area contributed by atoms with Crippen LogP contribution in [0.25, 0.3) is 0 Å². The van der Waals surface area contributed by atoms with E-state index in [2.05, 4.69) is 35.1 Å². The Labute approximate surface area is 131 Å². The minimum atomic E-state index is -4.44. The van der Waals surface area contributed by atoms with Crippen LogP contribution in [-0.4, -0.2) is 17.3 Å². The molecule has 0 radical (unpaired) electrons. The van der Waals surface area contributed by atoms with Gasteiger partial charge in [0.15, 0.2) is 0 Å². The second-order valence-electron chi connectivity index (χ2n) is 4.88. The molecule has 1 unspecified atom stereocenters. The zero-order valence-corrected chi connectivity index (χ0v) is 13.6. The normalized spacial score (nSPS) is 13.3. The third-order valence-corrected chi connectivity index (χ3v) is 4.54. The fraction of sp³-hybridized carbons (Fsp3) is 0.533. The molecule has 1 N–H and O–H groups in total. The minimum absolute atomic E-state index is 0.0223. The maximum Gasteiger partial charge on any atom is 0.416 e. The van der Waals surface area contributed by atoms with E-state index in [0.717, 1.165) is 25.0 Å². The molecular weight excluding hydrogens is 347 g/mol. The number of halogens is 4. The third-order valence-electron chi connectivity index (χ3n) is 3.47. The molecule has 2 nitrogen and oxygen atoms in total. The van der Waals surface area contributed by atoms with Crippen LogP contribution in [0.15, 0.2) is 24.3 Å². The van der Waals surface area contributed by atoms with Crippen LogP contribution in [0.3, 0.4) is 0 Å². The molecule has 0 bridgehead atoms. The Morgan fingerprint density at radius 1 is 1.29 bits per heavy atom. The molecule has 1 amide bonds. The second-order valence-corrected chi connectivity index (χ2v) is 6.06. The SMILES string of the molecule is CCC(CC)C(Br)CNC(=O)c1cccc(C(F)(F)F)c1. The van der Waals surface area contributed by atoms with Gasteiger partial charge in [-0.1, -0.05) is 48.7 Å². The van der Waals surface area contributed by atoms with Crippen molar-refractivity contribution in [3.05, 3.63) is 35.4 Å². The summed E-state index contributed by atoms with van der Waals surface area (Å²) in [6.45, 7) is 4.52. The van der Waals surface area contributed by atoms with Gasteiger partial charge in [0.1, 0.15) is 0 Å². The first-order valence-electron chi connectivity index (χ1n) is 6.89. The molecule has 1 aromatic rings. The molecule has 0 aliphatic heterocycles. The Morgan fingerprint density at radius 3 is 2.43 bits per heavy atom. The summed E-state index contributed by atoms with van der Waals surface area (Å²) < 4.78 is 37.8. The zero-order chi connectivity index (χ0) is 16.0. The van der Waals surface area contributed by atoms with Gasteiger partial charge in [0, 0.05) is 16.9 Å². The molecule has 21 heavy (non-hydrogen) atoms. The largest absolute Gasteiger partial charge is 0.416 e. The smallest absolute Gasteiger partial charge is 0.351 e. The first kappa shape index (κ1) is 18.0. The van der Waals surface area contributed by atoms with Crippen LogP contribution in [0.5, 0.6) is 0 Å². The average molecular weight is 366 g/mol. The van der Waals surface area contributed by atoms with E-state index in [1.54, 1.807) is 0 Å². The average Bonchev–Trinajstić information content (AvgIpc) is 2.45. The Bertz CT molecular complexity index is 472. The van der Waals surface area contributed by atoms with Crippen LogP contribution < -0.4 is 5.32 Å². The highest BCUT2D eigenvalue weighted by Crippen LogP contribution is 2.29. The molecule has 0 aromatic heterocycles. The van der Waals surface area contributed by atoms with E-state index in [-0.39, 0.29) is 10.4 Å². The molecule has 0 fully saturated rings. The van der Waals surface area contributed by atoms with Crippen molar-refractivity contribution in [3.8, 4) is 0 Å². The van der Waals surface area contributed by atoms with Gasteiger partial charge in [0.05, 0.1) is 5.56 Å². The van der Waals surface area contributed by atoms with Gasteiger partial charge < -0.3 is 5.32 Å². The summed E-state index contributed by atoms with van der Waals surface area (Å²) in [5.41, 5.74) is -0.792. The van der Waals surface area contributed by atoms with Crippen molar-refractivity contribution in [2.24, 2.45) is 5.92 Å². The Balaban J connectivity index is 2.68. The van der Waals surface area contributed by atoms with Crippen molar-refractivity contribution in [1.82, 2.24) is 5.32 Å². The van der Waals surface area contributed by atoms with E-state index in [4.69, 9.17) is 0 Å². The van der Waals surface area contributed by atoms with Gasteiger partial charge in [-0.2, -0.15) is 13.2 Å². The minimum Gasteiger partial charge on any atom is -0.351 e. The van der Waals surface area contributed by atoms with Gasteiger partial charge in [-0.15, -0.1) is 0 Å². The maximum absolute atomic E-state index is 12.6. The topological polar surface area (TPSA) is 29.1 Å². The summed E-state index contributed by atoms with van der Waals surface area (Å²) in [4.78, 5) is 12.0. The number of hydrogen-bond acceptors (Lipinski definition) is 1. The summed E-state index contributed by atoms with van der Waals surface area (Å²) in [7, 11) is 0. The lowest BCUT2D eigenvalue weighted by atomic mass is 9.99. The summed E-state index contributed by atoms with van der Waals surface area (Å²) in [6, 6.07) is 4.44. The molecule has 118 valence electrons. The summed E-state index contributed by atoms with van der Waals surface area (Å²) >= 11 is 3.52. The molecule has 0 saturated heterocycles. The molecule has 1 rings (SSSR count). The van der Waals surface area contributed by atoms with Gasteiger partial charge in [-0.25, -0.2) is 0 Å². The van der Waals surface area contributed by atoms with Crippen LogP contribution in [0, 0.1) is 5.92 Å². The first-order valence-corrected chi connectivity index (χ1v) is 7.80. The zero-order valence-electron chi connectivity index (χ0n) is 12.0. The van der Waals surface area contributed by atoms with Crippen LogP contribution in [0.4, 0.5) is 13.2 Å². The lowest BCUT2D eigenvalue weighted by molar-refractivity contribution is -0.137. The quantitative estimate of drug-likeness (QED) is 0.731. The number of rotatable bonds is 6. The number of alkyl halides is 4. The Hall–Kier alpha value is -1.04. The summed E-state index contributed by atoms with van der Waals surface area (Å²) in [5.74, 6) is -0.0664. The van der Waals surface area contributed by atoms with Gasteiger partial charge in [0.2, 0.25) is 0 Å². The lowest BCUT2D eigenvalue weighted by Gasteiger charge is -2.20. The molecule has 0 saturated carbocycles. The highest BCUT2D eigenvalue weighted by molar-refractivity contribution is 9.09. The highest BCUT2D eigenvalue weighted by atomic mass is 79.9. The van der Waals surface area contributed by atoms with E-state index >= 15 is 0 Å². The van der Waals surface area contributed by atoms with Crippen molar-refractivity contribution >= 4 is 21.8 Å². The number of amides is 1. The fourth-order valence-corrected chi connectivity index (χ4v) is 3.01. The van der Waals surface area contributed by atoms with Crippen molar-refractivity contribution in [2.75, 3.05) is 6.54 Å². The Morgan fingerprint density at radius 2 is 1.90 bits per heavy atom. The summed E-state index contributed by atoms with van der Waals surface area (Å²) in [6.07, 6.45) is -2.48. The van der Waals surface area contributed by atoms with Gasteiger partial charge >= 0.3 is 6.18 Å². The van der Waals surface area contributed by atoms with Crippen LogP contribution in [-0.2, 0) is 6.18 Å². The molecule has 0 aliphatic carbocycles. The van der Waals surface area contributed by atoms with Crippen molar-refractivity contribution < 1.29 is 18.0 Å². The number of hydrogen-bond donors (Lipinski definition) is 1. The molecule has 0 spiro atoms. The predicted molar refractivity (Wildman–Crippen MR) is 80.6 cm³/mol. The van der Waals surface area contributed by atoms with Crippen LogP contribution in [0.2, 0.25) is 0 Å². The van der Waals surface area contributed by atoms with E-state index in [0.29, 0.717) is 12.5 Å². The number of carbonyl (C=O) groups excluding carboxylic acids is 1. The molecule has 1 aromatic carbocycles. The molecule has 0 aliphatic rings. The van der Waals surface area contributed by atoms with Gasteiger partial charge in [-0.3, -0.25) is 4.79 Å². The van der Waals surface area contributed by atoms with Crippen molar-refractivity contribution in [2.45, 2.75) is 37.7 Å². The van der Waals surface area contributed by atoms with E-state index in [1.165, 1.54) is 12.1 Å². The molecule has 1 atom stereocenters. The number of benzene rings is 1. The van der Waals surface area contributed by atoms with Gasteiger partial charge in [-0.05, 0) is 24.1 Å². The van der Waals surface area contributed by atoms with E-state index in [9.17, 15) is 18.0 Å². The Kier molecular flexibility index (Phi) is 6.71. The second kappa shape index (κ2) is 7.82. The number of carbonyl (C=O) groups is 1. The lowest BCUT2D eigenvalue weighted by Crippen LogP contribution is -2.33. The summed E-state index contributed by atoms with van der Waals surface area (Å²) in [5, 5.41) is 2.67. The highest BCUT2D eigenvalue weighted by Gasteiger charge is 2.30. The molecule has 6 heteroatoms. The number of nitrogens with one attached hydrogen (secondary N) is 1. The predicted octanol–water partition coefficient (Wildman–Crippen LogP) is 4.63. The van der Waals surface area contributed by atoms with Crippen LogP contribution >= 0.6 is 15.9 Å². The first-order chi connectivity index (χ1) is 9.79. The fourth-order valence-electron chi connectivity index (χ4n) is 2.10. The van der Waals surface area contributed by atoms with Crippen LogP contribution in [0.1, 0.15) is 42.6 Å². The third kappa shape index (κ3) is 5.34. The van der Waals surface area contributed by atoms with E-state index < -0.39 is 17.6 Å². The van der Waals surface area contributed by atoms with Crippen molar-refractivity contribution in [1.29, 1.82) is 0 Å². The molecule has 0 heterocycles. The van der Waals surface area contributed by atoms with Crippen molar-refractivity contribution in [3.63, 3.8) is 0 Å². The monoisotopic (exact) mass is 365 g/mol. The maximum atomic E-state index is 12.6.